The highest BCUT2D eigenvalue weighted by atomic mass is 16.3. The van der Waals surface area contributed by atoms with Gasteiger partial charge < -0.3 is 10.4 Å². The van der Waals surface area contributed by atoms with E-state index in [0.717, 1.165) is 41.9 Å². The van der Waals surface area contributed by atoms with Crippen molar-refractivity contribution in [3.8, 4) is 0 Å². The summed E-state index contributed by atoms with van der Waals surface area (Å²) in [5.41, 5.74) is 2.75. The summed E-state index contributed by atoms with van der Waals surface area (Å²) in [5, 5.41) is 12.4. The first-order valence-corrected chi connectivity index (χ1v) is 6.82. The Morgan fingerprint density at radius 2 is 1.89 bits per heavy atom. The highest BCUT2D eigenvalue weighted by Crippen LogP contribution is 2.17. The average molecular weight is 259 g/mol. The third-order valence-electron chi connectivity index (χ3n) is 3.42. The predicted molar refractivity (Wildman–Crippen MR) is 78.2 cm³/mol. The lowest BCUT2D eigenvalue weighted by molar-refractivity contribution is 0.258. The van der Waals surface area contributed by atoms with Crippen LogP contribution in [0.1, 0.15) is 25.5 Å². The molecule has 4 nitrogen and oxygen atoms in total. The summed E-state index contributed by atoms with van der Waals surface area (Å²) in [4.78, 5) is 9.16. The van der Waals surface area contributed by atoms with Gasteiger partial charge in [-0.05, 0) is 31.4 Å². The van der Waals surface area contributed by atoms with Gasteiger partial charge in [0.15, 0.2) is 0 Å². The van der Waals surface area contributed by atoms with Crippen molar-refractivity contribution in [2.45, 2.75) is 26.7 Å². The molecule has 1 atom stereocenters. The normalized spacial score (nSPS) is 12.6. The van der Waals surface area contributed by atoms with E-state index in [9.17, 15) is 0 Å². The van der Waals surface area contributed by atoms with Crippen LogP contribution in [-0.4, -0.2) is 28.2 Å². The lowest BCUT2D eigenvalue weighted by Crippen LogP contribution is -2.16. The van der Waals surface area contributed by atoms with Crippen molar-refractivity contribution in [3.05, 3.63) is 30.0 Å². The Morgan fingerprint density at radius 3 is 2.53 bits per heavy atom. The number of aryl methyl sites for hydroxylation is 1. The maximum absolute atomic E-state index is 9.01. The van der Waals surface area contributed by atoms with Crippen LogP contribution >= 0.6 is 0 Å². The molecule has 2 aromatic rings. The lowest BCUT2D eigenvalue weighted by Gasteiger charge is -2.16. The largest absolute Gasteiger partial charge is 0.396 e. The van der Waals surface area contributed by atoms with Crippen LogP contribution in [0.4, 0.5) is 5.82 Å². The van der Waals surface area contributed by atoms with Crippen LogP contribution < -0.4 is 5.32 Å². The Kier molecular flexibility index (Phi) is 4.68. The Balaban J connectivity index is 2.13. The summed E-state index contributed by atoms with van der Waals surface area (Å²) in [6, 6.07) is 7.88. The van der Waals surface area contributed by atoms with Gasteiger partial charge >= 0.3 is 0 Å². The zero-order chi connectivity index (χ0) is 13.7. The number of aromatic nitrogens is 2. The molecule has 1 unspecified atom stereocenters. The minimum absolute atomic E-state index is 0.239. The van der Waals surface area contributed by atoms with Crippen molar-refractivity contribution in [1.29, 1.82) is 0 Å². The minimum atomic E-state index is 0.239. The third-order valence-corrected chi connectivity index (χ3v) is 3.42. The number of rotatable bonds is 6. The van der Waals surface area contributed by atoms with Gasteiger partial charge in [-0.2, -0.15) is 0 Å². The van der Waals surface area contributed by atoms with Gasteiger partial charge in [0.2, 0.25) is 0 Å². The second kappa shape index (κ2) is 6.48. The van der Waals surface area contributed by atoms with E-state index in [4.69, 9.17) is 5.11 Å². The molecule has 0 aliphatic carbocycles. The molecule has 102 valence electrons. The zero-order valence-electron chi connectivity index (χ0n) is 11.6. The summed E-state index contributed by atoms with van der Waals surface area (Å²) in [7, 11) is 0. The number of fused-ring (bicyclic) bond motifs is 1. The van der Waals surface area contributed by atoms with Crippen LogP contribution in [0, 0.1) is 12.8 Å². The van der Waals surface area contributed by atoms with E-state index in [2.05, 4.69) is 22.2 Å². The summed E-state index contributed by atoms with van der Waals surface area (Å²) >= 11 is 0. The first-order valence-electron chi connectivity index (χ1n) is 6.82. The van der Waals surface area contributed by atoms with Gasteiger partial charge in [0, 0.05) is 13.2 Å². The Bertz CT molecular complexity index is 542. The van der Waals surface area contributed by atoms with Gasteiger partial charge in [-0.15, -0.1) is 0 Å². The van der Waals surface area contributed by atoms with Crippen LogP contribution in [0.15, 0.2) is 24.3 Å². The molecule has 1 aromatic carbocycles. The summed E-state index contributed by atoms with van der Waals surface area (Å²) in [6.07, 6.45) is 1.87. The molecule has 0 aliphatic rings. The molecular formula is C15H21N3O. The highest BCUT2D eigenvalue weighted by Gasteiger charge is 2.08. The maximum Gasteiger partial charge on any atom is 0.148 e. The average Bonchev–Trinajstić information content (AvgIpc) is 2.43. The second-order valence-corrected chi connectivity index (χ2v) is 4.81. The number of aliphatic hydroxyl groups is 1. The molecular weight excluding hydrogens is 238 g/mol. The molecule has 2 N–H and O–H groups in total. The van der Waals surface area contributed by atoms with E-state index in [1.165, 1.54) is 0 Å². The molecule has 4 heteroatoms. The molecule has 0 amide bonds. The van der Waals surface area contributed by atoms with Crippen molar-refractivity contribution in [3.63, 3.8) is 0 Å². The fraction of sp³-hybridized carbons (Fsp3) is 0.467. The van der Waals surface area contributed by atoms with Crippen LogP contribution in [-0.2, 0) is 0 Å². The van der Waals surface area contributed by atoms with Gasteiger partial charge in [0.05, 0.1) is 16.7 Å². The number of benzene rings is 1. The molecule has 0 saturated carbocycles. The van der Waals surface area contributed by atoms with E-state index in [1.807, 2.05) is 31.2 Å². The van der Waals surface area contributed by atoms with Crippen molar-refractivity contribution < 1.29 is 5.11 Å². The first-order chi connectivity index (χ1) is 9.24. The summed E-state index contributed by atoms with van der Waals surface area (Å²) < 4.78 is 0. The van der Waals surface area contributed by atoms with Crippen molar-refractivity contribution in [2.24, 2.45) is 5.92 Å². The van der Waals surface area contributed by atoms with E-state index in [0.29, 0.717) is 5.92 Å². The maximum atomic E-state index is 9.01. The van der Waals surface area contributed by atoms with Gasteiger partial charge in [0.25, 0.3) is 0 Å². The number of hydrogen-bond donors (Lipinski definition) is 2. The van der Waals surface area contributed by atoms with Gasteiger partial charge in [-0.1, -0.05) is 25.5 Å². The third kappa shape index (κ3) is 3.41. The van der Waals surface area contributed by atoms with Gasteiger partial charge in [-0.25, -0.2) is 9.97 Å². The van der Waals surface area contributed by atoms with Crippen LogP contribution in [0.2, 0.25) is 0 Å². The molecule has 1 aromatic heterocycles. The number of nitrogens with one attached hydrogen (secondary N) is 1. The lowest BCUT2D eigenvalue weighted by atomic mass is 10.0. The van der Waals surface area contributed by atoms with E-state index in [-0.39, 0.29) is 6.61 Å². The Morgan fingerprint density at radius 1 is 1.21 bits per heavy atom. The first kappa shape index (κ1) is 13.7. The number of aliphatic hydroxyl groups excluding tert-OH is 1. The number of para-hydroxylation sites is 2. The molecule has 1 heterocycles. The smallest absolute Gasteiger partial charge is 0.148 e. The Labute approximate surface area is 113 Å². The predicted octanol–water partition coefficient (Wildman–Crippen LogP) is 2.76. The highest BCUT2D eigenvalue weighted by molar-refractivity contribution is 5.76. The molecule has 19 heavy (non-hydrogen) atoms. The number of anilines is 1. The quantitative estimate of drug-likeness (QED) is 0.837. The minimum Gasteiger partial charge on any atom is -0.396 e. The molecule has 0 fully saturated rings. The molecule has 0 bridgehead atoms. The second-order valence-electron chi connectivity index (χ2n) is 4.81. The van der Waals surface area contributed by atoms with Crippen molar-refractivity contribution in [2.75, 3.05) is 18.5 Å². The molecule has 0 spiro atoms. The van der Waals surface area contributed by atoms with Crippen molar-refractivity contribution in [1.82, 2.24) is 9.97 Å². The molecule has 0 aliphatic heterocycles. The van der Waals surface area contributed by atoms with Crippen LogP contribution in [0.25, 0.3) is 11.0 Å². The van der Waals surface area contributed by atoms with Gasteiger partial charge in [0.1, 0.15) is 5.82 Å². The van der Waals surface area contributed by atoms with Crippen LogP contribution in [0.5, 0.6) is 0 Å². The van der Waals surface area contributed by atoms with E-state index >= 15 is 0 Å². The number of hydrogen-bond acceptors (Lipinski definition) is 4. The van der Waals surface area contributed by atoms with E-state index in [1.54, 1.807) is 0 Å². The SMILES string of the molecule is CCC(CCO)CNc1nc2ccccc2nc1C. The monoisotopic (exact) mass is 259 g/mol. The van der Waals surface area contributed by atoms with Gasteiger partial charge in [-0.3, -0.25) is 0 Å². The zero-order valence-corrected chi connectivity index (χ0v) is 11.6. The number of nitrogens with zero attached hydrogens (tertiary/aromatic N) is 2. The molecule has 0 radical (unpaired) electrons. The fourth-order valence-electron chi connectivity index (χ4n) is 2.13. The topological polar surface area (TPSA) is 58.0 Å². The van der Waals surface area contributed by atoms with Crippen molar-refractivity contribution >= 4 is 16.9 Å². The fourth-order valence-corrected chi connectivity index (χ4v) is 2.13. The van der Waals surface area contributed by atoms with E-state index < -0.39 is 0 Å². The molecule has 0 saturated heterocycles. The molecule has 2 rings (SSSR count). The Hall–Kier alpha value is -1.68. The van der Waals surface area contributed by atoms with Crippen LogP contribution in [0.3, 0.4) is 0 Å². The standard InChI is InChI=1S/C15H21N3O/c1-3-12(8-9-19)10-16-15-11(2)17-13-6-4-5-7-14(13)18-15/h4-7,12,19H,3,8-10H2,1-2H3,(H,16,18). The summed E-state index contributed by atoms with van der Waals surface area (Å²) in [6.45, 7) is 5.17. The summed E-state index contributed by atoms with van der Waals surface area (Å²) in [5.74, 6) is 1.31.